The summed E-state index contributed by atoms with van der Waals surface area (Å²) in [6.45, 7) is 7.02. The van der Waals surface area contributed by atoms with Crippen molar-refractivity contribution >= 4 is 11.6 Å². The molecule has 0 spiro atoms. The van der Waals surface area contributed by atoms with Crippen LogP contribution in [0.5, 0.6) is 5.75 Å². The van der Waals surface area contributed by atoms with E-state index in [0.717, 1.165) is 25.7 Å². The van der Waals surface area contributed by atoms with Crippen LogP contribution < -0.4 is 10.1 Å². The zero-order chi connectivity index (χ0) is 17.6. The smallest absolute Gasteiger partial charge is 0.256 e. The van der Waals surface area contributed by atoms with Gasteiger partial charge in [-0.25, -0.2) is 0 Å². The number of nitrogens with zero attached hydrogens (tertiary/aromatic N) is 1. The van der Waals surface area contributed by atoms with Gasteiger partial charge >= 0.3 is 0 Å². The maximum Gasteiger partial charge on any atom is 0.256 e. The lowest BCUT2D eigenvalue weighted by atomic mass is 9.98. The molecular weight excluding hydrogens is 304 g/mol. The average Bonchev–Trinajstić information content (AvgIpc) is 3.43. The summed E-state index contributed by atoms with van der Waals surface area (Å²) in [5.74, 6) is 0.667. The number of nitriles is 1. The van der Waals surface area contributed by atoms with Crippen LogP contribution in [0.25, 0.3) is 0 Å². The molecule has 1 aliphatic carbocycles. The number of nitrogens with one attached hydrogen (secondary N) is 1. The van der Waals surface area contributed by atoms with Gasteiger partial charge < -0.3 is 14.8 Å². The molecule has 1 aromatic carbocycles. The zero-order valence-electron chi connectivity index (χ0n) is 14.7. The minimum atomic E-state index is -0.805. The van der Waals surface area contributed by atoms with Crippen LogP contribution in [0.15, 0.2) is 18.2 Å². The first-order chi connectivity index (χ1) is 11.5. The number of amides is 1. The monoisotopic (exact) mass is 330 g/mol. The van der Waals surface area contributed by atoms with Gasteiger partial charge in [-0.1, -0.05) is 13.8 Å². The van der Waals surface area contributed by atoms with E-state index in [-0.39, 0.29) is 11.8 Å². The summed E-state index contributed by atoms with van der Waals surface area (Å²) in [7, 11) is 0. The average molecular weight is 330 g/mol. The Labute approximate surface area is 144 Å². The van der Waals surface area contributed by atoms with E-state index in [1.807, 2.05) is 20.8 Å². The number of benzene rings is 1. The van der Waals surface area contributed by atoms with Crippen LogP contribution in [0.4, 0.5) is 5.69 Å². The maximum absolute atomic E-state index is 12.7. The molecule has 1 amide bonds. The van der Waals surface area contributed by atoms with Crippen LogP contribution in [-0.2, 0) is 9.53 Å². The molecular formula is C19H26N2O3. The molecule has 1 aliphatic rings. The van der Waals surface area contributed by atoms with Gasteiger partial charge in [-0.3, -0.25) is 4.79 Å². The van der Waals surface area contributed by atoms with Gasteiger partial charge in [0.15, 0.2) is 0 Å². The van der Waals surface area contributed by atoms with E-state index < -0.39 is 5.60 Å². The van der Waals surface area contributed by atoms with Crippen molar-refractivity contribution < 1.29 is 14.3 Å². The summed E-state index contributed by atoms with van der Waals surface area (Å²) in [6, 6.07) is 7.26. The Morgan fingerprint density at radius 2 is 2.04 bits per heavy atom. The number of ether oxygens (including phenoxy) is 2. The Morgan fingerprint density at radius 3 is 2.62 bits per heavy atom. The van der Waals surface area contributed by atoms with E-state index in [2.05, 4.69) is 11.4 Å². The van der Waals surface area contributed by atoms with Crippen molar-refractivity contribution in [2.24, 2.45) is 5.92 Å². The summed E-state index contributed by atoms with van der Waals surface area (Å²) in [4.78, 5) is 12.7. The van der Waals surface area contributed by atoms with Crippen LogP contribution >= 0.6 is 0 Å². The third kappa shape index (κ3) is 4.27. The number of hydrogen-bond donors (Lipinski definition) is 1. The highest BCUT2D eigenvalue weighted by molar-refractivity contribution is 5.97. The molecule has 0 aromatic heterocycles. The molecule has 0 heterocycles. The van der Waals surface area contributed by atoms with Gasteiger partial charge in [0.05, 0.1) is 12.2 Å². The Balaban J connectivity index is 2.11. The fourth-order valence-corrected chi connectivity index (χ4v) is 2.61. The van der Waals surface area contributed by atoms with Crippen molar-refractivity contribution in [3.05, 3.63) is 23.8 Å². The van der Waals surface area contributed by atoms with Crippen LogP contribution in [0.2, 0.25) is 0 Å². The lowest BCUT2D eigenvalue weighted by molar-refractivity contribution is -0.142. The molecule has 24 heavy (non-hydrogen) atoms. The van der Waals surface area contributed by atoms with Gasteiger partial charge in [0.1, 0.15) is 17.4 Å². The van der Waals surface area contributed by atoms with E-state index >= 15 is 0 Å². The molecule has 1 atom stereocenters. The molecule has 0 aliphatic heterocycles. The van der Waals surface area contributed by atoms with Crippen molar-refractivity contribution in [3.8, 4) is 11.8 Å². The Kier molecular flexibility index (Phi) is 6.22. The summed E-state index contributed by atoms with van der Waals surface area (Å²) in [5, 5.41) is 12.2. The molecule has 2 rings (SSSR count). The van der Waals surface area contributed by atoms with Gasteiger partial charge in [-0.2, -0.15) is 5.26 Å². The lowest BCUT2D eigenvalue weighted by Crippen LogP contribution is -2.45. The first kappa shape index (κ1) is 18.3. The van der Waals surface area contributed by atoms with Crippen molar-refractivity contribution in [1.29, 1.82) is 5.26 Å². The second-order valence-electron chi connectivity index (χ2n) is 6.36. The fraction of sp³-hybridized carbons (Fsp3) is 0.579. The summed E-state index contributed by atoms with van der Waals surface area (Å²) < 4.78 is 11.4. The molecule has 130 valence electrons. The van der Waals surface area contributed by atoms with Gasteiger partial charge in [0.25, 0.3) is 5.91 Å². The quantitative estimate of drug-likeness (QED) is 0.746. The highest BCUT2D eigenvalue weighted by Crippen LogP contribution is 2.42. The number of rotatable bonds is 9. The van der Waals surface area contributed by atoms with Crippen LogP contribution in [0.3, 0.4) is 0 Å². The third-order valence-electron chi connectivity index (χ3n) is 4.23. The summed E-state index contributed by atoms with van der Waals surface area (Å²) in [6.07, 6.45) is 3.78. The van der Waals surface area contributed by atoms with E-state index in [9.17, 15) is 10.1 Å². The van der Waals surface area contributed by atoms with Crippen molar-refractivity contribution in [2.45, 2.75) is 52.1 Å². The molecule has 0 saturated heterocycles. The predicted octanol–water partition coefficient (Wildman–Crippen LogP) is 3.88. The molecule has 1 saturated carbocycles. The van der Waals surface area contributed by atoms with Crippen LogP contribution in [0.1, 0.15) is 52.0 Å². The minimum Gasteiger partial charge on any atom is -0.492 e. The number of hydrogen-bond acceptors (Lipinski definition) is 4. The molecule has 5 heteroatoms. The van der Waals surface area contributed by atoms with Crippen molar-refractivity contribution in [3.63, 3.8) is 0 Å². The second-order valence-corrected chi connectivity index (χ2v) is 6.36. The van der Waals surface area contributed by atoms with Crippen LogP contribution in [-0.4, -0.2) is 24.7 Å². The molecule has 1 N–H and O–H groups in total. The first-order valence-electron chi connectivity index (χ1n) is 8.67. The Morgan fingerprint density at radius 1 is 1.33 bits per heavy atom. The minimum absolute atomic E-state index is 0.149. The van der Waals surface area contributed by atoms with E-state index in [4.69, 9.17) is 9.47 Å². The summed E-state index contributed by atoms with van der Waals surface area (Å²) in [5.41, 5.74) is 0.205. The summed E-state index contributed by atoms with van der Waals surface area (Å²) >= 11 is 0. The van der Waals surface area contributed by atoms with Gasteiger partial charge in [-0.15, -0.1) is 0 Å². The predicted molar refractivity (Wildman–Crippen MR) is 92.9 cm³/mol. The van der Waals surface area contributed by atoms with Gasteiger partial charge in [0.2, 0.25) is 0 Å². The van der Waals surface area contributed by atoms with E-state index in [0.29, 0.717) is 30.2 Å². The number of carbonyl (C=O) groups excluding carboxylic acids is 1. The van der Waals surface area contributed by atoms with Crippen molar-refractivity contribution in [1.82, 2.24) is 0 Å². The SMILES string of the molecule is CCCOc1ccc(NC(=O)[C@](C)(OCCC)C2CC2)cc1C#N. The molecule has 1 aromatic rings. The molecule has 0 bridgehead atoms. The zero-order valence-corrected chi connectivity index (χ0v) is 14.7. The molecule has 0 unspecified atom stereocenters. The Bertz CT molecular complexity index is 620. The molecule has 5 nitrogen and oxygen atoms in total. The fourth-order valence-electron chi connectivity index (χ4n) is 2.61. The number of carbonyl (C=O) groups is 1. The highest BCUT2D eigenvalue weighted by atomic mass is 16.5. The van der Waals surface area contributed by atoms with E-state index in [1.165, 1.54) is 0 Å². The van der Waals surface area contributed by atoms with E-state index in [1.54, 1.807) is 18.2 Å². The first-order valence-corrected chi connectivity index (χ1v) is 8.67. The second kappa shape index (κ2) is 8.16. The Hall–Kier alpha value is -2.06. The van der Waals surface area contributed by atoms with Gasteiger partial charge in [-0.05, 0) is 56.7 Å². The lowest BCUT2D eigenvalue weighted by Gasteiger charge is -2.28. The largest absolute Gasteiger partial charge is 0.492 e. The normalized spacial score (nSPS) is 16.1. The molecule has 0 radical (unpaired) electrons. The third-order valence-corrected chi connectivity index (χ3v) is 4.23. The van der Waals surface area contributed by atoms with Crippen molar-refractivity contribution in [2.75, 3.05) is 18.5 Å². The highest BCUT2D eigenvalue weighted by Gasteiger charge is 2.48. The molecule has 1 fully saturated rings. The standard InChI is InChI=1S/C19H26N2O3/c1-4-10-23-17-9-8-16(12-14(17)13-20)21-18(22)19(3,15-6-7-15)24-11-5-2/h8-9,12,15H,4-7,10-11H2,1-3H3,(H,21,22)/t19-/m1/s1. The van der Waals surface area contributed by atoms with Crippen LogP contribution in [0, 0.1) is 17.2 Å². The maximum atomic E-state index is 12.7. The van der Waals surface area contributed by atoms with Gasteiger partial charge in [0, 0.05) is 12.3 Å². The topological polar surface area (TPSA) is 71.3 Å². The number of anilines is 1.